The number of aliphatic hydroxyl groups is 2. The minimum atomic E-state index is -1.88. The number of amides is 1. The Kier molecular flexibility index (Phi) is 5.14. The zero-order valence-electron chi connectivity index (χ0n) is 12.1. The summed E-state index contributed by atoms with van der Waals surface area (Å²) in [5.41, 5.74) is 4.33. The first-order valence-corrected chi connectivity index (χ1v) is 7.01. The molecule has 4 N–H and O–H groups in total. The second-order valence-electron chi connectivity index (χ2n) is 4.89. The molecule has 0 aliphatic rings. The third-order valence-electron chi connectivity index (χ3n) is 3.39. The molecule has 0 radical (unpaired) electrons. The largest absolute Gasteiger partial charge is 0.494 e. The smallest absolute Gasteiger partial charge is 0.258 e. The second-order valence-corrected chi connectivity index (χ2v) is 4.89. The molecule has 1 unspecified atom stereocenters. The van der Waals surface area contributed by atoms with Gasteiger partial charge < -0.3 is 20.7 Å². The van der Waals surface area contributed by atoms with Gasteiger partial charge in [0.05, 0.1) is 6.61 Å². The van der Waals surface area contributed by atoms with E-state index in [1.807, 2.05) is 0 Å². The first kappa shape index (κ1) is 16.0. The van der Waals surface area contributed by atoms with Crippen molar-refractivity contribution in [2.75, 3.05) is 13.2 Å². The highest BCUT2D eigenvalue weighted by Crippen LogP contribution is 2.30. The standard InChI is InChI=1S/C17H19NO4/c18-16(20)17(21,13-5-2-1-3-6-13)14-7-9-15(10-8-14)22-12-4-11-19/h1-3,5-10,19,21H,4,11-12H2,(H2,18,20). The number of hydrogen-bond donors (Lipinski definition) is 3. The average molecular weight is 301 g/mol. The zero-order chi connectivity index (χ0) is 16.0. The number of hydrogen-bond acceptors (Lipinski definition) is 4. The molecule has 5 heteroatoms. The van der Waals surface area contributed by atoms with Crippen molar-refractivity contribution in [3.05, 3.63) is 65.7 Å². The molecule has 0 aromatic heterocycles. The van der Waals surface area contributed by atoms with Crippen LogP contribution in [0.3, 0.4) is 0 Å². The Bertz CT molecular complexity index is 612. The molecule has 2 rings (SSSR count). The van der Waals surface area contributed by atoms with E-state index in [1.165, 1.54) is 0 Å². The molecule has 0 saturated heterocycles. The molecule has 22 heavy (non-hydrogen) atoms. The van der Waals surface area contributed by atoms with Gasteiger partial charge in [-0.1, -0.05) is 42.5 Å². The zero-order valence-corrected chi connectivity index (χ0v) is 12.1. The summed E-state index contributed by atoms with van der Waals surface area (Å²) in [5.74, 6) is -0.246. The van der Waals surface area contributed by atoms with Crippen molar-refractivity contribution in [3.63, 3.8) is 0 Å². The molecule has 0 aliphatic carbocycles. The average Bonchev–Trinajstić information content (AvgIpc) is 2.55. The number of carbonyl (C=O) groups is 1. The van der Waals surface area contributed by atoms with Crippen LogP contribution in [-0.2, 0) is 10.4 Å². The molecule has 0 spiro atoms. The minimum absolute atomic E-state index is 0.0630. The van der Waals surface area contributed by atoms with Crippen LogP contribution in [0.4, 0.5) is 0 Å². The summed E-state index contributed by atoms with van der Waals surface area (Å²) in [6, 6.07) is 15.1. The second kappa shape index (κ2) is 7.06. The van der Waals surface area contributed by atoms with Crippen LogP contribution >= 0.6 is 0 Å². The van der Waals surface area contributed by atoms with Gasteiger partial charge in [-0.15, -0.1) is 0 Å². The highest BCUT2D eigenvalue weighted by atomic mass is 16.5. The predicted octanol–water partition coefficient (Wildman–Crippen LogP) is 1.17. The topological polar surface area (TPSA) is 92.8 Å². The van der Waals surface area contributed by atoms with Gasteiger partial charge in [0.15, 0.2) is 5.60 Å². The fourth-order valence-corrected chi connectivity index (χ4v) is 2.18. The Morgan fingerprint density at radius 3 is 2.18 bits per heavy atom. The normalized spacial score (nSPS) is 13.4. The Hall–Kier alpha value is -2.37. The number of carbonyl (C=O) groups excluding carboxylic acids is 1. The monoisotopic (exact) mass is 301 g/mol. The molecule has 0 heterocycles. The van der Waals surface area contributed by atoms with Gasteiger partial charge >= 0.3 is 0 Å². The maximum atomic E-state index is 11.8. The molecule has 0 saturated carbocycles. The van der Waals surface area contributed by atoms with Gasteiger partial charge in [0.1, 0.15) is 5.75 Å². The van der Waals surface area contributed by atoms with E-state index >= 15 is 0 Å². The fraction of sp³-hybridized carbons (Fsp3) is 0.235. The Morgan fingerprint density at radius 1 is 1.05 bits per heavy atom. The van der Waals surface area contributed by atoms with Crippen LogP contribution < -0.4 is 10.5 Å². The summed E-state index contributed by atoms with van der Waals surface area (Å²) in [4.78, 5) is 11.8. The number of benzene rings is 2. The summed E-state index contributed by atoms with van der Waals surface area (Å²) in [6.07, 6.45) is 0.539. The number of nitrogens with two attached hydrogens (primary N) is 1. The van der Waals surface area contributed by atoms with E-state index < -0.39 is 11.5 Å². The number of ether oxygens (including phenoxy) is 1. The first-order chi connectivity index (χ1) is 10.6. The van der Waals surface area contributed by atoms with Gasteiger partial charge in [0.25, 0.3) is 5.91 Å². The lowest BCUT2D eigenvalue weighted by molar-refractivity contribution is -0.133. The van der Waals surface area contributed by atoms with E-state index in [-0.39, 0.29) is 6.61 Å². The van der Waals surface area contributed by atoms with Crippen LogP contribution in [0.15, 0.2) is 54.6 Å². The first-order valence-electron chi connectivity index (χ1n) is 7.01. The molecular weight excluding hydrogens is 282 g/mol. The molecule has 5 nitrogen and oxygen atoms in total. The molecule has 0 fully saturated rings. The maximum Gasteiger partial charge on any atom is 0.258 e. The Balaban J connectivity index is 2.28. The van der Waals surface area contributed by atoms with Gasteiger partial charge in [-0.05, 0) is 23.3 Å². The SMILES string of the molecule is NC(=O)C(O)(c1ccccc1)c1ccc(OCCCO)cc1. The summed E-state index contributed by atoms with van der Waals surface area (Å²) in [5, 5.41) is 19.5. The van der Waals surface area contributed by atoms with E-state index in [2.05, 4.69) is 0 Å². The molecule has 116 valence electrons. The Labute approximate surface area is 129 Å². The Morgan fingerprint density at radius 2 is 1.64 bits per heavy atom. The van der Waals surface area contributed by atoms with Crippen molar-refractivity contribution in [1.82, 2.24) is 0 Å². The molecule has 2 aromatic rings. The van der Waals surface area contributed by atoms with E-state index in [4.69, 9.17) is 15.6 Å². The predicted molar refractivity (Wildman–Crippen MR) is 82.3 cm³/mol. The summed E-state index contributed by atoms with van der Waals surface area (Å²) >= 11 is 0. The van der Waals surface area contributed by atoms with E-state index in [9.17, 15) is 9.90 Å². The number of primary amides is 1. The number of aliphatic hydroxyl groups excluding tert-OH is 1. The third kappa shape index (κ3) is 3.27. The van der Waals surface area contributed by atoms with Gasteiger partial charge in [0.2, 0.25) is 0 Å². The summed E-state index contributed by atoms with van der Waals surface area (Å²) < 4.78 is 5.42. The van der Waals surface area contributed by atoms with Gasteiger partial charge in [-0.2, -0.15) is 0 Å². The molecule has 2 aromatic carbocycles. The molecule has 1 amide bonds. The number of rotatable bonds is 7. The highest BCUT2D eigenvalue weighted by Gasteiger charge is 2.37. The van der Waals surface area contributed by atoms with Crippen LogP contribution in [0.1, 0.15) is 17.5 Å². The van der Waals surface area contributed by atoms with Gasteiger partial charge in [-0.25, -0.2) is 0 Å². The lowest BCUT2D eigenvalue weighted by Crippen LogP contribution is -2.42. The van der Waals surface area contributed by atoms with Crippen molar-refractivity contribution in [3.8, 4) is 5.75 Å². The van der Waals surface area contributed by atoms with Crippen molar-refractivity contribution in [2.45, 2.75) is 12.0 Å². The van der Waals surface area contributed by atoms with E-state index in [1.54, 1.807) is 54.6 Å². The van der Waals surface area contributed by atoms with Crippen LogP contribution in [0.2, 0.25) is 0 Å². The third-order valence-corrected chi connectivity index (χ3v) is 3.39. The lowest BCUT2D eigenvalue weighted by Gasteiger charge is -2.25. The van der Waals surface area contributed by atoms with Gasteiger partial charge in [0, 0.05) is 13.0 Å². The van der Waals surface area contributed by atoms with Crippen molar-refractivity contribution >= 4 is 5.91 Å². The van der Waals surface area contributed by atoms with Crippen molar-refractivity contribution < 1.29 is 19.7 Å². The fourth-order valence-electron chi connectivity index (χ4n) is 2.18. The molecular formula is C17H19NO4. The lowest BCUT2D eigenvalue weighted by atomic mass is 9.86. The summed E-state index contributed by atoms with van der Waals surface area (Å²) in [6.45, 7) is 0.460. The summed E-state index contributed by atoms with van der Waals surface area (Å²) in [7, 11) is 0. The van der Waals surface area contributed by atoms with Crippen LogP contribution in [0.5, 0.6) is 5.75 Å². The molecule has 0 aliphatic heterocycles. The van der Waals surface area contributed by atoms with Crippen LogP contribution in [0.25, 0.3) is 0 Å². The molecule has 0 bridgehead atoms. The van der Waals surface area contributed by atoms with Gasteiger partial charge in [-0.3, -0.25) is 4.79 Å². The van der Waals surface area contributed by atoms with Crippen LogP contribution in [0, 0.1) is 0 Å². The quantitative estimate of drug-likeness (QED) is 0.669. The van der Waals surface area contributed by atoms with Crippen molar-refractivity contribution in [1.29, 1.82) is 0 Å². The van der Waals surface area contributed by atoms with E-state index in [0.29, 0.717) is 29.9 Å². The maximum absolute atomic E-state index is 11.8. The minimum Gasteiger partial charge on any atom is -0.494 e. The van der Waals surface area contributed by atoms with E-state index in [0.717, 1.165) is 0 Å². The van der Waals surface area contributed by atoms with Crippen molar-refractivity contribution in [2.24, 2.45) is 5.73 Å². The highest BCUT2D eigenvalue weighted by molar-refractivity contribution is 5.88. The molecule has 1 atom stereocenters. The van der Waals surface area contributed by atoms with Crippen LogP contribution in [-0.4, -0.2) is 29.3 Å².